The number of piperazine rings is 1. The first-order valence-corrected chi connectivity index (χ1v) is 13.5. The molecule has 35 heavy (non-hydrogen) atoms. The van der Waals surface area contributed by atoms with Crippen molar-refractivity contribution in [1.82, 2.24) is 14.8 Å². The Morgan fingerprint density at radius 3 is 2.26 bits per heavy atom. The Hall–Kier alpha value is -2.24. The summed E-state index contributed by atoms with van der Waals surface area (Å²) in [4.78, 5) is 32.0. The molecule has 2 aliphatic rings. The first-order chi connectivity index (χ1) is 16.8. The SMILES string of the molecule is CC(C)=O.CCCC(CCC)C(=O)N1CCN(C2c3ccc(Cl)cc3CCc3cccnc32)CC1. The molecule has 1 aliphatic carbocycles. The molecule has 1 aromatic carbocycles. The molecule has 1 aromatic heterocycles. The maximum atomic E-state index is 13.1. The first-order valence-electron chi connectivity index (χ1n) is 13.1. The summed E-state index contributed by atoms with van der Waals surface area (Å²) in [6.45, 7) is 10.7. The number of rotatable bonds is 6. The maximum Gasteiger partial charge on any atom is 0.225 e. The van der Waals surface area contributed by atoms with Crippen LogP contribution in [-0.2, 0) is 22.4 Å². The number of nitrogens with zero attached hydrogens (tertiary/aromatic N) is 3. The summed E-state index contributed by atoms with van der Waals surface area (Å²) in [6.07, 6.45) is 8.02. The van der Waals surface area contributed by atoms with Gasteiger partial charge in [-0.3, -0.25) is 14.7 Å². The molecule has 0 radical (unpaired) electrons. The number of fused-ring (bicyclic) bond motifs is 2. The van der Waals surface area contributed by atoms with Gasteiger partial charge in [0.15, 0.2) is 0 Å². The highest BCUT2D eigenvalue weighted by molar-refractivity contribution is 6.30. The minimum atomic E-state index is 0.130. The van der Waals surface area contributed by atoms with Crippen molar-refractivity contribution in [1.29, 1.82) is 0 Å². The van der Waals surface area contributed by atoms with Gasteiger partial charge in [-0.25, -0.2) is 0 Å². The quantitative estimate of drug-likeness (QED) is 0.500. The van der Waals surface area contributed by atoms with Gasteiger partial charge in [-0.1, -0.05) is 50.4 Å². The van der Waals surface area contributed by atoms with E-state index in [9.17, 15) is 9.59 Å². The van der Waals surface area contributed by atoms with Gasteiger partial charge in [0.25, 0.3) is 0 Å². The van der Waals surface area contributed by atoms with Crippen molar-refractivity contribution < 1.29 is 9.59 Å². The number of carbonyl (C=O) groups is 2. The van der Waals surface area contributed by atoms with Crippen LogP contribution in [0.15, 0.2) is 36.5 Å². The molecule has 0 spiro atoms. The first kappa shape index (κ1) is 27.3. The van der Waals surface area contributed by atoms with Crippen LogP contribution in [0.2, 0.25) is 5.02 Å². The summed E-state index contributed by atoms with van der Waals surface area (Å²) in [5.74, 6) is 0.708. The molecule has 0 saturated carbocycles. The van der Waals surface area contributed by atoms with Crippen molar-refractivity contribution in [3.05, 3.63) is 63.9 Å². The lowest BCUT2D eigenvalue weighted by molar-refractivity contribution is -0.138. The summed E-state index contributed by atoms with van der Waals surface area (Å²) < 4.78 is 0. The van der Waals surface area contributed by atoms with Crippen LogP contribution >= 0.6 is 11.6 Å². The van der Waals surface area contributed by atoms with Gasteiger partial charge in [-0.05, 0) is 74.4 Å². The fourth-order valence-corrected chi connectivity index (χ4v) is 5.49. The standard InChI is InChI=1S/C26H34ClN3O.C3H6O/c1-3-6-20(7-4-2)26(31)30-16-14-29(15-17-30)25-23-12-11-22(27)18-21(23)10-9-19-8-5-13-28-24(19)25;1-3(2)4/h5,8,11-13,18,20,25H,3-4,6-7,9-10,14-17H2,1-2H3;1-2H3. The van der Waals surface area contributed by atoms with E-state index >= 15 is 0 Å². The van der Waals surface area contributed by atoms with E-state index < -0.39 is 0 Å². The topological polar surface area (TPSA) is 53.5 Å². The number of pyridine rings is 1. The Labute approximate surface area is 215 Å². The summed E-state index contributed by atoms with van der Waals surface area (Å²) in [5, 5.41) is 0.796. The number of ketones is 1. The molecule has 1 amide bonds. The van der Waals surface area contributed by atoms with Gasteiger partial charge in [0.1, 0.15) is 5.78 Å². The van der Waals surface area contributed by atoms with Crippen molar-refractivity contribution >= 4 is 23.3 Å². The van der Waals surface area contributed by atoms with Crippen LogP contribution in [0.1, 0.15) is 81.8 Å². The largest absolute Gasteiger partial charge is 0.340 e. The number of hydrogen-bond donors (Lipinski definition) is 0. The fourth-order valence-electron chi connectivity index (χ4n) is 5.30. The number of carbonyl (C=O) groups excluding carboxylic acids is 2. The zero-order valence-electron chi connectivity index (χ0n) is 21.7. The Morgan fingerprint density at radius 1 is 1.00 bits per heavy atom. The van der Waals surface area contributed by atoms with Crippen LogP contribution in [0.25, 0.3) is 0 Å². The summed E-state index contributed by atoms with van der Waals surface area (Å²) >= 11 is 6.34. The van der Waals surface area contributed by atoms with E-state index in [1.54, 1.807) is 0 Å². The van der Waals surface area contributed by atoms with Crippen molar-refractivity contribution in [3.63, 3.8) is 0 Å². The minimum Gasteiger partial charge on any atom is -0.340 e. The number of amides is 1. The molecule has 1 saturated heterocycles. The predicted molar refractivity (Wildman–Crippen MR) is 143 cm³/mol. The Bertz CT molecular complexity index is 991. The average Bonchev–Trinajstić information content (AvgIpc) is 3.00. The molecule has 0 N–H and O–H groups in total. The smallest absolute Gasteiger partial charge is 0.225 e. The lowest BCUT2D eigenvalue weighted by atomic mass is 9.95. The van der Waals surface area contributed by atoms with Gasteiger partial charge >= 0.3 is 0 Å². The van der Waals surface area contributed by atoms with Gasteiger partial charge in [0.2, 0.25) is 5.91 Å². The predicted octanol–water partition coefficient (Wildman–Crippen LogP) is 5.88. The van der Waals surface area contributed by atoms with E-state index in [-0.39, 0.29) is 17.7 Å². The zero-order chi connectivity index (χ0) is 25.4. The molecule has 190 valence electrons. The summed E-state index contributed by atoms with van der Waals surface area (Å²) in [5.41, 5.74) is 5.12. The Kier molecular flexibility index (Phi) is 10.3. The molecule has 2 aromatic rings. The van der Waals surface area contributed by atoms with Gasteiger partial charge in [0, 0.05) is 43.3 Å². The molecule has 1 aliphatic heterocycles. The van der Waals surface area contributed by atoms with E-state index in [1.165, 1.54) is 30.5 Å². The molecular weight excluding hydrogens is 458 g/mol. The normalized spacial score (nSPS) is 17.7. The Balaban J connectivity index is 0.000000795. The number of aromatic nitrogens is 1. The monoisotopic (exact) mass is 497 g/mol. The zero-order valence-corrected chi connectivity index (χ0v) is 22.5. The number of hydrogen-bond acceptors (Lipinski definition) is 4. The van der Waals surface area contributed by atoms with Crippen molar-refractivity contribution in [2.24, 2.45) is 5.92 Å². The second kappa shape index (κ2) is 13.2. The molecule has 2 heterocycles. The van der Waals surface area contributed by atoms with Gasteiger partial charge in [0.05, 0.1) is 11.7 Å². The molecule has 1 fully saturated rings. The highest BCUT2D eigenvalue weighted by Gasteiger charge is 2.34. The van der Waals surface area contributed by atoms with Gasteiger partial charge in [-0.2, -0.15) is 0 Å². The van der Waals surface area contributed by atoms with Crippen LogP contribution < -0.4 is 0 Å². The number of halogens is 1. The molecule has 5 nitrogen and oxygen atoms in total. The van der Waals surface area contributed by atoms with Crippen LogP contribution in [0.4, 0.5) is 0 Å². The molecule has 1 atom stereocenters. The highest BCUT2D eigenvalue weighted by Crippen LogP contribution is 2.37. The third-order valence-corrected chi connectivity index (χ3v) is 7.10. The minimum absolute atomic E-state index is 0.130. The van der Waals surface area contributed by atoms with E-state index in [0.717, 1.165) is 75.4 Å². The van der Waals surface area contributed by atoms with Gasteiger partial charge < -0.3 is 9.69 Å². The molecule has 0 bridgehead atoms. The molecule has 1 unspecified atom stereocenters. The maximum absolute atomic E-state index is 13.1. The Morgan fingerprint density at radius 2 is 1.63 bits per heavy atom. The van der Waals surface area contributed by atoms with Crippen LogP contribution in [0.5, 0.6) is 0 Å². The van der Waals surface area contributed by atoms with Crippen LogP contribution in [-0.4, -0.2) is 52.7 Å². The van der Waals surface area contributed by atoms with E-state index in [4.69, 9.17) is 16.6 Å². The van der Waals surface area contributed by atoms with E-state index in [0.29, 0.717) is 5.91 Å². The van der Waals surface area contributed by atoms with Crippen molar-refractivity contribution in [3.8, 4) is 0 Å². The third-order valence-electron chi connectivity index (χ3n) is 6.86. The fraction of sp³-hybridized carbons (Fsp3) is 0.552. The molecule has 6 heteroatoms. The number of benzene rings is 1. The summed E-state index contributed by atoms with van der Waals surface area (Å²) in [7, 11) is 0. The average molecular weight is 498 g/mol. The third kappa shape index (κ3) is 7.14. The lowest BCUT2D eigenvalue weighted by Crippen LogP contribution is -2.51. The number of aryl methyl sites for hydroxylation is 2. The highest BCUT2D eigenvalue weighted by atomic mass is 35.5. The lowest BCUT2D eigenvalue weighted by Gasteiger charge is -2.40. The van der Waals surface area contributed by atoms with Gasteiger partial charge in [-0.15, -0.1) is 0 Å². The van der Waals surface area contributed by atoms with E-state index in [1.807, 2.05) is 18.3 Å². The van der Waals surface area contributed by atoms with E-state index in [2.05, 4.69) is 41.8 Å². The molecule has 4 rings (SSSR count). The second-order valence-corrected chi connectivity index (χ2v) is 10.3. The summed E-state index contributed by atoms with van der Waals surface area (Å²) in [6, 6.07) is 10.7. The van der Waals surface area contributed by atoms with Crippen molar-refractivity contribution in [2.75, 3.05) is 26.2 Å². The van der Waals surface area contributed by atoms with Crippen molar-refractivity contribution in [2.45, 2.75) is 72.3 Å². The molecular formula is C29H40ClN3O2. The van der Waals surface area contributed by atoms with Crippen LogP contribution in [0.3, 0.4) is 0 Å². The van der Waals surface area contributed by atoms with Crippen LogP contribution in [0, 0.1) is 5.92 Å². The second-order valence-electron chi connectivity index (χ2n) is 9.84. The number of Topliss-reactive ketones (excluding diaryl/α,β-unsaturated/α-hetero) is 1.